The molecule has 0 aliphatic rings. The van der Waals surface area contributed by atoms with Crippen LogP contribution in [0.4, 0.5) is 14.5 Å². The van der Waals surface area contributed by atoms with Crippen LogP contribution in [-0.4, -0.2) is 0 Å². The van der Waals surface area contributed by atoms with E-state index in [0.29, 0.717) is 12.2 Å². The van der Waals surface area contributed by atoms with Crippen LogP contribution in [0.1, 0.15) is 11.1 Å². The third-order valence-corrected chi connectivity index (χ3v) is 2.43. The molecule has 2 aromatic rings. The summed E-state index contributed by atoms with van der Waals surface area (Å²) >= 11 is 0. The molecule has 0 spiro atoms. The fraction of sp³-hybridized carbons (Fsp3) is 0.143. The standard InChI is InChI=1S/C14H13F2N/c1-10-5-13(16)8-14(6-10)17-9-11-3-2-4-12(15)7-11/h2-8,17H,9H2,1H3. The SMILES string of the molecule is Cc1cc(F)cc(NCc2cccc(F)c2)c1. The van der Waals surface area contributed by atoms with Crippen LogP contribution in [0, 0.1) is 18.6 Å². The highest BCUT2D eigenvalue weighted by molar-refractivity contribution is 5.46. The molecule has 0 heterocycles. The van der Waals surface area contributed by atoms with Gasteiger partial charge in [0.1, 0.15) is 11.6 Å². The van der Waals surface area contributed by atoms with Gasteiger partial charge in [-0.05, 0) is 48.4 Å². The van der Waals surface area contributed by atoms with Crippen LogP contribution in [-0.2, 0) is 6.54 Å². The fourth-order valence-electron chi connectivity index (χ4n) is 1.69. The van der Waals surface area contributed by atoms with Gasteiger partial charge in [0.05, 0.1) is 0 Å². The van der Waals surface area contributed by atoms with E-state index in [-0.39, 0.29) is 11.6 Å². The highest BCUT2D eigenvalue weighted by Crippen LogP contribution is 2.14. The van der Waals surface area contributed by atoms with Crippen LogP contribution in [0.25, 0.3) is 0 Å². The zero-order chi connectivity index (χ0) is 12.3. The van der Waals surface area contributed by atoms with E-state index in [1.807, 2.05) is 19.1 Å². The highest BCUT2D eigenvalue weighted by Gasteiger charge is 1.99. The van der Waals surface area contributed by atoms with Crippen molar-refractivity contribution in [3.8, 4) is 0 Å². The summed E-state index contributed by atoms with van der Waals surface area (Å²) in [5.41, 5.74) is 2.38. The summed E-state index contributed by atoms with van der Waals surface area (Å²) in [5.74, 6) is -0.536. The molecule has 0 saturated carbocycles. The molecule has 0 saturated heterocycles. The van der Waals surface area contributed by atoms with Crippen LogP contribution >= 0.6 is 0 Å². The monoisotopic (exact) mass is 233 g/mol. The average molecular weight is 233 g/mol. The summed E-state index contributed by atoms with van der Waals surface area (Å²) in [6.07, 6.45) is 0. The van der Waals surface area contributed by atoms with Crippen molar-refractivity contribution < 1.29 is 8.78 Å². The number of benzene rings is 2. The molecular formula is C14H13F2N. The Balaban J connectivity index is 2.07. The van der Waals surface area contributed by atoms with Gasteiger partial charge in [0.2, 0.25) is 0 Å². The van der Waals surface area contributed by atoms with E-state index < -0.39 is 0 Å². The van der Waals surface area contributed by atoms with Gasteiger partial charge in [-0.2, -0.15) is 0 Å². The van der Waals surface area contributed by atoms with Crippen molar-refractivity contribution in [3.63, 3.8) is 0 Å². The van der Waals surface area contributed by atoms with Gasteiger partial charge in [-0.3, -0.25) is 0 Å². The number of anilines is 1. The van der Waals surface area contributed by atoms with Crippen molar-refractivity contribution in [1.29, 1.82) is 0 Å². The third kappa shape index (κ3) is 3.28. The Morgan fingerprint density at radius 3 is 2.53 bits per heavy atom. The maximum atomic E-state index is 13.1. The third-order valence-electron chi connectivity index (χ3n) is 2.43. The van der Waals surface area contributed by atoms with Gasteiger partial charge in [0, 0.05) is 12.2 Å². The normalized spacial score (nSPS) is 10.3. The molecule has 0 bridgehead atoms. The maximum Gasteiger partial charge on any atom is 0.125 e. The minimum atomic E-state index is -0.272. The molecule has 0 aliphatic heterocycles. The van der Waals surface area contributed by atoms with Crippen molar-refractivity contribution in [2.24, 2.45) is 0 Å². The van der Waals surface area contributed by atoms with Gasteiger partial charge in [-0.1, -0.05) is 12.1 Å². The van der Waals surface area contributed by atoms with E-state index in [1.165, 1.54) is 24.3 Å². The molecular weight excluding hydrogens is 220 g/mol. The van der Waals surface area contributed by atoms with Crippen LogP contribution < -0.4 is 5.32 Å². The molecule has 1 nitrogen and oxygen atoms in total. The Morgan fingerprint density at radius 1 is 1.00 bits per heavy atom. The van der Waals surface area contributed by atoms with Crippen molar-refractivity contribution in [3.05, 3.63) is 65.2 Å². The van der Waals surface area contributed by atoms with Crippen LogP contribution in [0.2, 0.25) is 0 Å². The van der Waals surface area contributed by atoms with Gasteiger partial charge < -0.3 is 5.32 Å². The molecule has 88 valence electrons. The topological polar surface area (TPSA) is 12.0 Å². The molecule has 0 atom stereocenters. The summed E-state index contributed by atoms with van der Waals surface area (Å²) in [6, 6.07) is 11.1. The molecule has 17 heavy (non-hydrogen) atoms. The number of hydrogen-bond acceptors (Lipinski definition) is 1. The summed E-state index contributed by atoms with van der Waals surface area (Å²) in [5, 5.41) is 3.06. The highest BCUT2D eigenvalue weighted by atomic mass is 19.1. The van der Waals surface area contributed by atoms with Crippen molar-refractivity contribution >= 4 is 5.69 Å². The first-order valence-electron chi connectivity index (χ1n) is 5.39. The Kier molecular flexibility index (Phi) is 3.38. The quantitative estimate of drug-likeness (QED) is 0.848. The minimum Gasteiger partial charge on any atom is -0.381 e. The summed E-state index contributed by atoms with van der Waals surface area (Å²) < 4.78 is 26.1. The zero-order valence-electron chi connectivity index (χ0n) is 9.50. The van der Waals surface area contributed by atoms with Gasteiger partial charge in [0.25, 0.3) is 0 Å². The number of hydrogen-bond donors (Lipinski definition) is 1. The predicted octanol–water partition coefficient (Wildman–Crippen LogP) is 3.89. The molecule has 0 fully saturated rings. The molecule has 3 heteroatoms. The second-order valence-corrected chi connectivity index (χ2v) is 4.00. The second kappa shape index (κ2) is 4.95. The maximum absolute atomic E-state index is 13.1. The Bertz CT molecular complexity index is 503. The molecule has 0 radical (unpaired) electrons. The van der Waals surface area contributed by atoms with Crippen molar-refractivity contribution in [1.82, 2.24) is 0 Å². The molecule has 1 N–H and O–H groups in total. The largest absolute Gasteiger partial charge is 0.381 e. The van der Waals surface area contributed by atoms with Gasteiger partial charge in [0.15, 0.2) is 0 Å². The van der Waals surface area contributed by atoms with Crippen LogP contribution in [0.5, 0.6) is 0 Å². The molecule has 0 aliphatic carbocycles. The number of aryl methyl sites for hydroxylation is 1. The lowest BCUT2D eigenvalue weighted by Gasteiger charge is -2.07. The molecule has 2 rings (SSSR count). The van der Waals surface area contributed by atoms with Crippen molar-refractivity contribution in [2.45, 2.75) is 13.5 Å². The summed E-state index contributed by atoms with van der Waals surface area (Å²) in [7, 11) is 0. The first kappa shape index (κ1) is 11.6. The van der Waals surface area contributed by atoms with Crippen LogP contribution in [0.3, 0.4) is 0 Å². The lowest BCUT2D eigenvalue weighted by Crippen LogP contribution is -2.00. The molecule has 0 amide bonds. The molecule has 0 aromatic heterocycles. The van der Waals surface area contributed by atoms with Gasteiger partial charge in [-0.25, -0.2) is 8.78 Å². The van der Waals surface area contributed by atoms with E-state index in [0.717, 1.165) is 11.1 Å². The van der Waals surface area contributed by atoms with Gasteiger partial charge >= 0.3 is 0 Å². The lowest BCUT2D eigenvalue weighted by atomic mass is 10.2. The Hall–Kier alpha value is -1.90. The number of nitrogens with one attached hydrogen (secondary N) is 1. The summed E-state index contributed by atoms with van der Waals surface area (Å²) in [4.78, 5) is 0. The second-order valence-electron chi connectivity index (χ2n) is 4.00. The first-order valence-corrected chi connectivity index (χ1v) is 5.39. The molecule has 0 unspecified atom stereocenters. The molecule has 2 aromatic carbocycles. The fourth-order valence-corrected chi connectivity index (χ4v) is 1.69. The van der Waals surface area contributed by atoms with E-state index >= 15 is 0 Å². The van der Waals surface area contributed by atoms with Crippen LogP contribution in [0.15, 0.2) is 42.5 Å². The Morgan fingerprint density at radius 2 is 1.82 bits per heavy atom. The number of halogens is 2. The number of rotatable bonds is 3. The predicted molar refractivity (Wildman–Crippen MR) is 64.9 cm³/mol. The lowest BCUT2D eigenvalue weighted by molar-refractivity contribution is 0.625. The van der Waals surface area contributed by atoms with E-state index in [1.54, 1.807) is 6.07 Å². The minimum absolute atomic E-state index is 0.264. The summed E-state index contributed by atoms with van der Waals surface area (Å²) in [6.45, 7) is 2.30. The van der Waals surface area contributed by atoms with E-state index in [4.69, 9.17) is 0 Å². The Labute approximate surface area is 99.1 Å². The zero-order valence-corrected chi connectivity index (χ0v) is 9.50. The van der Waals surface area contributed by atoms with Gasteiger partial charge in [-0.15, -0.1) is 0 Å². The van der Waals surface area contributed by atoms with E-state index in [9.17, 15) is 8.78 Å². The first-order chi connectivity index (χ1) is 8.13. The average Bonchev–Trinajstić information content (AvgIpc) is 2.25. The smallest absolute Gasteiger partial charge is 0.125 e. The van der Waals surface area contributed by atoms with Crippen molar-refractivity contribution in [2.75, 3.05) is 5.32 Å². The van der Waals surface area contributed by atoms with E-state index in [2.05, 4.69) is 5.32 Å².